The molecular formula is C24H33N3O4S. The van der Waals surface area contributed by atoms with Crippen LogP contribution in [0.3, 0.4) is 0 Å². The molecule has 0 unspecified atom stereocenters. The maximum atomic E-state index is 12.9. The molecule has 0 aromatic heterocycles. The first-order valence-corrected chi connectivity index (χ1v) is 12.7. The van der Waals surface area contributed by atoms with E-state index in [4.69, 9.17) is 4.74 Å². The lowest BCUT2D eigenvalue weighted by molar-refractivity contribution is -0.122. The molecule has 1 heterocycles. The van der Waals surface area contributed by atoms with Gasteiger partial charge in [0.25, 0.3) is 0 Å². The van der Waals surface area contributed by atoms with Crippen molar-refractivity contribution < 1.29 is 17.9 Å². The van der Waals surface area contributed by atoms with Crippen LogP contribution in [0.15, 0.2) is 42.5 Å². The Hall–Kier alpha value is -2.42. The van der Waals surface area contributed by atoms with E-state index in [0.717, 1.165) is 55.8 Å². The number of benzene rings is 2. The summed E-state index contributed by atoms with van der Waals surface area (Å²) in [6, 6.07) is 12.8. The lowest BCUT2D eigenvalue weighted by atomic mass is 10.1. The highest BCUT2D eigenvalue weighted by atomic mass is 32.2. The zero-order valence-electron chi connectivity index (χ0n) is 19.3. The molecule has 1 N–H and O–H groups in total. The highest BCUT2D eigenvalue weighted by Crippen LogP contribution is 2.26. The Labute approximate surface area is 191 Å². The summed E-state index contributed by atoms with van der Waals surface area (Å²) in [5.41, 5.74) is 4.43. The number of morpholine rings is 1. The molecule has 0 aliphatic carbocycles. The van der Waals surface area contributed by atoms with E-state index >= 15 is 0 Å². The van der Waals surface area contributed by atoms with Gasteiger partial charge >= 0.3 is 0 Å². The SMILES string of the molecule is Cc1ccc(C)c(N([C@@H](C)C(=O)NCc2cccc(CN3CCOCC3)c2)S(C)(=O)=O)c1. The lowest BCUT2D eigenvalue weighted by Gasteiger charge is -2.30. The van der Waals surface area contributed by atoms with Crippen molar-refractivity contribution in [2.24, 2.45) is 0 Å². The van der Waals surface area contributed by atoms with Gasteiger partial charge in [-0.05, 0) is 49.1 Å². The molecule has 2 aromatic rings. The first-order chi connectivity index (χ1) is 15.1. The zero-order chi connectivity index (χ0) is 23.3. The van der Waals surface area contributed by atoms with Gasteiger partial charge in [-0.1, -0.05) is 36.4 Å². The van der Waals surface area contributed by atoms with E-state index in [0.29, 0.717) is 12.2 Å². The Morgan fingerprint density at radius 2 is 1.81 bits per heavy atom. The van der Waals surface area contributed by atoms with Gasteiger partial charge in [-0.25, -0.2) is 8.42 Å². The van der Waals surface area contributed by atoms with Crippen LogP contribution in [0.1, 0.15) is 29.2 Å². The second-order valence-electron chi connectivity index (χ2n) is 8.45. The fourth-order valence-electron chi connectivity index (χ4n) is 3.93. The Morgan fingerprint density at radius 3 is 2.50 bits per heavy atom. The van der Waals surface area contributed by atoms with Gasteiger partial charge in [0.1, 0.15) is 6.04 Å². The number of rotatable bonds is 8. The Kier molecular flexibility index (Phi) is 7.92. The van der Waals surface area contributed by atoms with E-state index in [9.17, 15) is 13.2 Å². The average molecular weight is 460 g/mol. The van der Waals surface area contributed by atoms with Crippen molar-refractivity contribution in [2.45, 2.75) is 39.9 Å². The normalized spacial score (nSPS) is 15.9. The van der Waals surface area contributed by atoms with E-state index in [1.54, 1.807) is 13.0 Å². The molecule has 1 amide bonds. The maximum absolute atomic E-state index is 12.9. The lowest BCUT2D eigenvalue weighted by Crippen LogP contribution is -2.48. The molecule has 0 saturated carbocycles. The molecule has 1 aliphatic rings. The number of ether oxygens (including phenoxy) is 1. The maximum Gasteiger partial charge on any atom is 0.243 e. The fraction of sp³-hybridized carbons (Fsp3) is 0.458. The van der Waals surface area contributed by atoms with Crippen molar-refractivity contribution in [2.75, 3.05) is 36.9 Å². The number of sulfonamides is 1. The van der Waals surface area contributed by atoms with Crippen molar-refractivity contribution in [3.63, 3.8) is 0 Å². The van der Waals surface area contributed by atoms with Gasteiger partial charge < -0.3 is 10.1 Å². The van der Waals surface area contributed by atoms with Crippen LogP contribution in [0.5, 0.6) is 0 Å². The highest BCUT2D eigenvalue weighted by Gasteiger charge is 2.30. The quantitative estimate of drug-likeness (QED) is 0.657. The van der Waals surface area contributed by atoms with Crippen molar-refractivity contribution in [3.8, 4) is 0 Å². The molecule has 8 heteroatoms. The van der Waals surface area contributed by atoms with E-state index in [2.05, 4.69) is 22.3 Å². The van der Waals surface area contributed by atoms with Crippen LogP contribution in [-0.4, -0.2) is 57.8 Å². The Balaban J connectivity index is 1.69. The standard InChI is InChI=1S/C24H33N3O4S/c1-18-8-9-19(2)23(14-18)27(32(4,29)30)20(3)24(28)25-16-21-6-5-7-22(15-21)17-26-10-12-31-13-11-26/h5-9,14-15,20H,10-13,16-17H2,1-4H3,(H,25,28)/t20-/m0/s1. The molecule has 7 nitrogen and oxygen atoms in total. The summed E-state index contributed by atoms with van der Waals surface area (Å²) in [5, 5.41) is 2.91. The number of hydrogen-bond acceptors (Lipinski definition) is 5. The second-order valence-corrected chi connectivity index (χ2v) is 10.3. The minimum Gasteiger partial charge on any atom is -0.379 e. The third kappa shape index (κ3) is 6.31. The summed E-state index contributed by atoms with van der Waals surface area (Å²) < 4.78 is 31.8. The number of nitrogens with one attached hydrogen (secondary N) is 1. The van der Waals surface area contributed by atoms with Gasteiger partial charge in [0.15, 0.2) is 0 Å². The van der Waals surface area contributed by atoms with Crippen molar-refractivity contribution >= 4 is 21.6 Å². The van der Waals surface area contributed by atoms with Gasteiger partial charge in [0, 0.05) is 26.2 Å². The van der Waals surface area contributed by atoms with Crippen molar-refractivity contribution in [3.05, 3.63) is 64.7 Å². The largest absolute Gasteiger partial charge is 0.379 e. The molecular weight excluding hydrogens is 426 g/mol. The minimum atomic E-state index is -3.65. The number of carbonyl (C=O) groups is 1. The van der Waals surface area contributed by atoms with Gasteiger partial charge in [-0.2, -0.15) is 0 Å². The monoisotopic (exact) mass is 459 g/mol. The van der Waals surface area contributed by atoms with Crippen LogP contribution in [-0.2, 0) is 32.6 Å². The average Bonchev–Trinajstić information content (AvgIpc) is 2.74. The highest BCUT2D eigenvalue weighted by molar-refractivity contribution is 7.92. The molecule has 0 bridgehead atoms. The molecule has 1 fully saturated rings. The number of hydrogen-bond donors (Lipinski definition) is 1. The molecule has 1 saturated heterocycles. The molecule has 3 rings (SSSR count). The number of aryl methyl sites for hydroxylation is 2. The molecule has 1 aliphatic heterocycles. The van der Waals surface area contributed by atoms with Gasteiger partial charge in [0.05, 0.1) is 25.2 Å². The van der Waals surface area contributed by atoms with Crippen LogP contribution in [0.2, 0.25) is 0 Å². The number of nitrogens with zero attached hydrogens (tertiary/aromatic N) is 2. The predicted octanol–water partition coefficient (Wildman–Crippen LogP) is 2.61. The smallest absolute Gasteiger partial charge is 0.243 e. The predicted molar refractivity (Wildman–Crippen MR) is 127 cm³/mol. The first-order valence-electron chi connectivity index (χ1n) is 10.9. The Morgan fingerprint density at radius 1 is 1.12 bits per heavy atom. The number of anilines is 1. The summed E-state index contributed by atoms with van der Waals surface area (Å²) in [6.07, 6.45) is 1.13. The molecule has 32 heavy (non-hydrogen) atoms. The fourth-order valence-corrected chi connectivity index (χ4v) is 5.15. The number of amides is 1. The summed E-state index contributed by atoms with van der Waals surface area (Å²) in [6.45, 7) is 9.88. The summed E-state index contributed by atoms with van der Waals surface area (Å²) in [5.74, 6) is -0.338. The van der Waals surface area contributed by atoms with Crippen molar-refractivity contribution in [1.82, 2.24) is 10.2 Å². The van der Waals surface area contributed by atoms with Gasteiger partial charge in [-0.3, -0.25) is 14.0 Å². The number of carbonyl (C=O) groups excluding carboxylic acids is 1. The third-order valence-electron chi connectivity index (χ3n) is 5.66. The molecule has 2 aromatic carbocycles. The van der Waals surface area contributed by atoms with Crippen LogP contribution < -0.4 is 9.62 Å². The van der Waals surface area contributed by atoms with E-state index in [-0.39, 0.29) is 5.91 Å². The van der Waals surface area contributed by atoms with Crippen molar-refractivity contribution in [1.29, 1.82) is 0 Å². The zero-order valence-corrected chi connectivity index (χ0v) is 20.1. The van der Waals surface area contributed by atoms with E-state index in [1.807, 2.05) is 38.1 Å². The summed E-state index contributed by atoms with van der Waals surface area (Å²) in [4.78, 5) is 15.3. The van der Waals surface area contributed by atoms with Crippen LogP contribution in [0.25, 0.3) is 0 Å². The van der Waals surface area contributed by atoms with Crippen LogP contribution in [0, 0.1) is 13.8 Å². The van der Waals surface area contributed by atoms with E-state index < -0.39 is 16.1 Å². The molecule has 0 radical (unpaired) electrons. The summed E-state index contributed by atoms with van der Waals surface area (Å²) >= 11 is 0. The van der Waals surface area contributed by atoms with Gasteiger partial charge in [-0.15, -0.1) is 0 Å². The Bertz CT molecular complexity index is 1050. The molecule has 1 atom stereocenters. The second kappa shape index (κ2) is 10.5. The van der Waals surface area contributed by atoms with Crippen LogP contribution in [0.4, 0.5) is 5.69 Å². The van der Waals surface area contributed by atoms with Gasteiger partial charge in [0.2, 0.25) is 15.9 Å². The minimum absolute atomic E-state index is 0.338. The molecule has 0 spiro atoms. The third-order valence-corrected chi connectivity index (χ3v) is 6.89. The van der Waals surface area contributed by atoms with Crippen LogP contribution >= 0.6 is 0 Å². The first kappa shape index (κ1) is 24.2. The topological polar surface area (TPSA) is 79.0 Å². The molecule has 174 valence electrons. The van der Waals surface area contributed by atoms with E-state index in [1.165, 1.54) is 9.87 Å². The summed E-state index contributed by atoms with van der Waals surface area (Å²) in [7, 11) is -3.65.